The Morgan fingerprint density at radius 3 is 2.40 bits per heavy atom. The van der Waals surface area contributed by atoms with Gasteiger partial charge in [-0.2, -0.15) is 13.2 Å². The summed E-state index contributed by atoms with van der Waals surface area (Å²) >= 11 is 0. The van der Waals surface area contributed by atoms with Crippen molar-refractivity contribution in [2.45, 2.75) is 16.8 Å². The number of halogens is 3. The van der Waals surface area contributed by atoms with Gasteiger partial charge < -0.3 is 5.73 Å². The van der Waals surface area contributed by atoms with Crippen LogP contribution in [0, 0.1) is 0 Å². The van der Waals surface area contributed by atoms with Crippen LogP contribution < -0.4 is 5.73 Å². The van der Waals surface area contributed by atoms with Crippen LogP contribution in [0.25, 0.3) is 0 Å². The van der Waals surface area contributed by atoms with Gasteiger partial charge >= 0.3 is 6.18 Å². The molecule has 2 aromatic rings. The van der Waals surface area contributed by atoms with Crippen molar-refractivity contribution in [3.05, 3.63) is 59.7 Å². The smallest absolute Gasteiger partial charge is 0.398 e. The molecule has 0 aliphatic carbocycles. The summed E-state index contributed by atoms with van der Waals surface area (Å²) in [4.78, 5) is 0.142. The molecule has 0 heterocycles. The largest absolute Gasteiger partial charge is 0.416 e. The van der Waals surface area contributed by atoms with E-state index in [1.165, 1.54) is 12.1 Å². The van der Waals surface area contributed by atoms with Crippen LogP contribution in [0.15, 0.2) is 53.4 Å². The van der Waals surface area contributed by atoms with Gasteiger partial charge in [0.1, 0.15) is 0 Å². The molecule has 2 rings (SSSR count). The van der Waals surface area contributed by atoms with Crippen molar-refractivity contribution in [2.24, 2.45) is 0 Å². The van der Waals surface area contributed by atoms with E-state index in [1.807, 2.05) is 0 Å². The molecular formula is C14H12F3NOS. The Morgan fingerprint density at radius 2 is 1.75 bits per heavy atom. The quantitative estimate of drug-likeness (QED) is 0.880. The lowest BCUT2D eigenvalue weighted by molar-refractivity contribution is -0.137. The zero-order valence-corrected chi connectivity index (χ0v) is 11.2. The first-order valence-electron chi connectivity index (χ1n) is 5.77. The van der Waals surface area contributed by atoms with E-state index in [9.17, 15) is 17.4 Å². The zero-order valence-electron chi connectivity index (χ0n) is 10.4. The lowest BCUT2D eigenvalue weighted by Crippen LogP contribution is -2.06. The van der Waals surface area contributed by atoms with Crippen molar-refractivity contribution in [3.8, 4) is 0 Å². The Kier molecular flexibility index (Phi) is 4.13. The summed E-state index contributed by atoms with van der Waals surface area (Å²) in [6.45, 7) is 0. The predicted octanol–water partition coefficient (Wildman–Crippen LogP) is 3.60. The predicted molar refractivity (Wildman–Crippen MR) is 72.4 cm³/mol. The second-order valence-electron chi connectivity index (χ2n) is 4.21. The minimum absolute atomic E-state index is 0.0913. The van der Waals surface area contributed by atoms with Crippen LogP contribution in [0.1, 0.15) is 11.1 Å². The van der Waals surface area contributed by atoms with Crippen LogP contribution in [0.5, 0.6) is 0 Å². The van der Waals surface area contributed by atoms with Gasteiger partial charge in [0.05, 0.1) is 22.1 Å². The van der Waals surface area contributed by atoms with E-state index in [0.29, 0.717) is 11.3 Å². The maximum absolute atomic E-state index is 12.6. The summed E-state index contributed by atoms with van der Waals surface area (Å²) in [7, 11) is -1.57. The summed E-state index contributed by atoms with van der Waals surface area (Å²) in [5.74, 6) is 0.0913. The molecule has 0 radical (unpaired) electrons. The molecule has 1 unspecified atom stereocenters. The van der Waals surface area contributed by atoms with Gasteiger partial charge in [-0.3, -0.25) is 4.21 Å². The van der Waals surface area contributed by atoms with Crippen LogP contribution >= 0.6 is 0 Å². The minimum atomic E-state index is -4.44. The van der Waals surface area contributed by atoms with Crippen LogP contribution in [0.3, 0.4) is 0 Å². The van der Waals surface area contributed by atoms with E-state index < -0.39 is 22.5 Å². The Hall–Kier alpha value is -1.82. The van der Waals surface area contributed by atoms with E-state index in [0.717, 1.165) is 12.1 Å². The molecule has 0 spiro atoms. The SMILES string of the molecule is Nc1ccccc1CS(=O)c1cccc(C(F)(F)F)c1. The highest BCUT2D eigenvalue weighted by Crippen LogP contribution is 2.30. The molecule has 0 aromatic heterocycles. The average molecular weight is 299 g/mol. The molecule has 0 saturated heterocycles. The molecule has 2 N–H and O–H groups in total. The molecular weight excluding hydrogens is 287 g/mol. The van der Waals surface area contributed by atoms with Gasteiger partial charge in [0, 0.05) is 10.6 Å². The van der Waals surface area contributed by atoms with E-state index in [1.54, 1.807) is 24.3 Å². The average Bonchev–Trinajstić information content (AvgIpc) is 2.40. The van der Waals surface area contributed by atoms with Gasteiger partial charge in [-0.05, 0) is 29.8 Å². The summed E-state index contributed by atoms with van der Waals surface area (Å²) in [6, 6.07) is 11.4. The molecule has 0 fully saturated rings. The Balaban J connectivity index is 2.24. The summed E-state index contributed by atoms with van der Waals surface area (Å²) in [5.41, 5.74) is 6.07. The maximum Gasteiger partial charge on any atom is 0.416 e. The molecule has 0 aliphatic rings. The van der Waals surface area contributed by atoms with Gasteiger partial charge in [-0.25, -0.2) is 0 Å². The highest BCUT2D eigenvalue weighted by Gasteiger charge is 2.30. The number of alkyl halides is 3. The Bertz CT molecular complexity index is 640. The van der Waals surface area contributed by atoms with Crippen molar-refractivity contribution in [2.75, 3.05) is 5.73 Å². The highest BCUT2D eigenvalue weighted by molar-refractivity contribution is 7.84. The van der Waals surface area contributed by atoms with Crippen molar-refractivity contribution < 1.29 is 17.4 Å². The molecule has 1 atom stereocenters. The third-order valence-corrected chi connectivity index (χ3v) is 4.12. The number of benzene rings is 2. The van der Waals surface area contributed by atoms with Crippen LogP contribution in [0.4, 0.5) is 18.9 Å². The second-order valence-corrected chi connectivity index (χ2v) is 5.67. The number of hydrogen-bond acceptors (Lipinski definition) is 2. The van der Waals surface area contributed by atoms with Crippen molar-refractivity contribution in [3.63, 3.8) is 0 Å². The normalized spacial score (nSPS) is 13.2. The third kappa shape index (κ3) is 3.39. The minimum Gasteiger partial charge on any atom is -0.398 e. The van der Waals surface area contributed by atoms with E-state index in [-0.39, 0.29) is 10.6 Å². The number of nitrogens with two attached hydrogens (primary N) is 1. The van der Waals surface area contributed by atoms with E-state index in [2.05, 4.69) is 0 Å². The van der Waals surface area contributed by atoms with E-state index >= 15 is 0 Å². The number of rotatable bonds is 3. The Labute approximate surface area is 116 Å². The topological polar surface area (TPSA) is 43.1 Å². The lowest BCUT2D eigenvalue weighted by Gasteiger charge is -2.09. The van der Waals surface area contributed by atoms with Gasteiger partial charge in [0.15, 0.2) is 0 Å². The fourth-order valence-corrected chi connectivity index (χ4v) is 2.91. The molecule has 6 heteroatoms. The molecule has 2 aromatic carbocycles. The summed E-state index contributed by atoms with van der Waals surface area (Å²) in [5, 5.41) is 0. The molecule has 0 saturated carbocycles. The number of anilines is 1. The molecule has 0 bridgehead atoms. The monoisotopic (exact) mass is 299 g/mol. The lowest BCUT2D eigenvalue weighted by atomic mass is 10.2. The fourth-order valence-electron chi connectivity index (χ4n) is 1.70. The second kappa shape index (κ2) is 5.66. The number of para-hydroxylation sites is 1. The van der Waals surface area contributed by atoms with Gasteiger partial charge in [0.25, 0.3) is 0 Å². The van der Waals surface area contributed by atoms with E-state index in [4.69, 9.17) is 5.73 Å². The number of nitrogen functional groups attached to an aromatic ring is 1. The first-order valence-corrected chi connectivity index (χ1v) is 7.09. The fraction of sp³-hybridized carbons (Fsp3) is 0.143. The molecule has 2 nitrogen and oxygen atoms in total. The van der Waals surface area contributed by atoms with Gasteiger partial charge in [0.2, 0.25) is 0 Å². The highest BCUT2D eigenvalue weighted by atomic mass is 32.2. The molecule has 0 amide bonds. The first-order chi connectivity index (χ1) is 9.38. The molecule has 20 heavy (non-hydrogen) atoms. The standard InChI is InChI=1S/C14H12F3NOS/c15-14(16,17)11-5-3-6-12(8-11)20(19)9-10-4-1-2-7-13(10)18/h1-8H,9,18H2. The van der Waals surface area contributed by atoms with Crippen LogP contribution in [0.2, 0.25) is 0 Å². The number of hydrogen-bond donors (Lipinski definition) is 1. The first kappa shape index (κ1) is 14.6. The van der Waals surface area contributed by atoms with Crippen molar-refractivity contribution in [1.29, 1.82) is 0 Å². The van der Waals surface area contributed by atoms with Crippen molar-refractivity contribution in [1.82, 2.24) is 0 Å². The zero-order chi connectivity index (χ0) is 14.8. The third-order valence-electron chi connectivity index (χ3n) is 2.77. The van der Waals surface area contributed by atoms with Gasteiger partial charge in [-0.15, -0.1) is 0 Å². The summed E-state index contributed by atoms with van der Waals surface area (Å²) < 4.78 is 49.9. The van der Waals surface area contributed by atoms with Crippen LogP contribution in [-0.2, 0) is 22.7 Å². The Morgan fingerprint density at radius 1 is 1.05 bits per heavy atom. The molecule has 106 valence electrons. The van der Waals surface area contributed by atoms with Crippen molar-refractivity contribution >= 4 is 16.5 Å². The van der Waals surface area contributed by atoms with Gasteiger partial charge in [-0.1, -0.05) is 24.3 Å². The van der Waals surface area contributed by atoms with Crippen LogP contribution in [-0.4, -0.2) is 4.21 Å². The molecule has 0 aliphatic heterocycles. The maximum atomic E-state index is 12.6. The summed E-state index contributed by atoms with van der Waals surface area (Å²) in [6.07, 6.45) is -4.44.